The Hall–Kier alpha value is -4.06. The third kappa shape index (κ3) is 15.7. The third-order valence-corrected chi connectivity index (χ3v) is 6.94. The zero-order chi connectivity index (χ0) is 31.5. The zero-order valence-corrected chi connectivity index (χ0v) is 25.1. The van der Waals surface area contributed by atoms with Crippen molar-refractivity contribution >= 4 is 35.9 Å². The van der Waals surface area contributed by atoms with Crippen molar-refractivity contribution in [2.75, 3.05) is 26.4 Å². The summed E-state index contributed by atoms with van der Waals surface area (Å²) in [5.41, 5.74) is 0.953. The number of hydrogen-bond acceptors (Lipinski definition) is 7. The molecule has 43 heavy (non-hydrogen) atoms. The molecule has 2 rings (SSSR count). The molecule has 1 saturated carbocycles. The number of imide groups is 1. The first-order valence-electron chi connectivity index (χ1n) is 14.8. The van der Waals surface area contributed by atoms with Crippen LogP contribution in [-0.2, 0) is 39.9 Å². The second-order valence-corrected chi connectivity index (χ2v) is 10.6. The Bertz CT molecular complexity index is 1090. The van der Waals surface area contributed by atoms with Crippen LogP contribution in [0.4, 0.5) is 0 Å². The number of carbonyl (C=O) groups excluding carboxylic acids is 6. The first kappa shape index (κ1) is 35.1. The van der Waals surface area contributed by atoms with Gasteiger partial charge < -0.3 is 26.0 Å². The summed E-state index contributed by atoms with van der Waals surface area (Å²) in [7, 11) is 0. The summed E-state index contributed by atoms with van der Waals surface area (Å²) in [6.07, 6.45) is 8.14. The molecule has 2 unspecified atom stereocenters. The second kappa shape index (κ2) is 20.0. The number of benzene rings is 1. The summed E-state index contributed by atoms with van der Waals surface area (Å²) in [6.45, 7) is 3.48. The fraction of sp³-hybridized carbons (Fsp3) is 0.548. The molecule has 1 aliphatic rings. The van der Waals surface area contributed by atoms with E-state index in [0.717, 1.165) is 23.3 Å². The van der Waals surface area contributed by atoms with Gasteiger partial charge in [0.2, 0.25) is 30.0 Å². The number of unbranched alkanes of at least 4 members (excludes halogenated alkanes) is 2. The Morgan fingerprint density at radius 3 is 2.30 bits per heavy atom. The average molecular weight is 600 g/mol. The van der Waals surface area contributed by atoms with Gasteiger partial charge in [-0.05, 0) is 63.5 Å². The van der Waals surface area contributed by atoms with E-state index >= 15 is 0 Å². The van der Waals surface area contributed by atoms with Crippen LogP contribution in [0.15, 0.2) is 42.5 Å². The minimum absolute atomic E-state index is 0.0467. The zero-order valence-electron chi connectivity index (χ0n) is 25.1. The highest BCUT2D eigenvalue weighted by Crippen LogP contribution is 2.33. The molecular weight excluding hydrogens is 554 g/mol. The van der Waals surface area contributed by atoms with Crippen LogP contribution in [0.2, 0.25) is 0 Å². The number of carbonyl (C=O) groups is 6. The van der Waals surface area contributed by atoms with E-state index in [2.05, 4.69) is 21.3 Å². The largest absolute Gasteiger partial charge is 0.358 e. The Morgan fingerprint density at radius 2 is 1.63 bits per heavy atom. The van der Waals surface area contributed by atoms with Gasteiger partial charge in [-0.1, -0.05) is 42.8 Å². The minimum Gasteiger partial charge on any atom is -0.358 e. The standard InChI is InChI=1S/C31H45N5O7/c1-3-10-31(42)36(22-37)16-9-5-8-13-27(38)32-19-29(40)33-20-30(41)35-26(17-24-11-6-4-7-12-24)18-28(39)34-21-43-23(2)25-14-15-25/h3-4,6-7,10-12,22-23,25-26H,5,8-9,13-21H2,1-2H3,(H,32,38)(H,33,40)(H,34,39)(H,35,41)/b10-3-. The molecule has 1 aromatic rings. The smallest absolute Gasteiger partial charge is 0.252 e. The van der Waals surface area contributed by atoms with E-state index in [1.165, 1.54) is 6.08 Å². The van der Waals surface area contributed by atoms with E-state index in [1.807, 2.05) is 37.3 Å². The number of hydrogen-bond donors (Lipinski definition) is 4. The van der Waals surface area contributed by atoms with Crippen LogP contribution in [-0.4, -0.2) is 79.4 Å². The first-order valence-corrected chi connectivity index (χ1v) is 14.8. The van der Waals surface area contributed by atoms with Gasteiger partial charge >= 0.3 is 0 Å². The van der Waals surface area contributed by atoms with Crippen molar-refractivity contribution in [3.05, 3.63) is 48.0 Å². The maximum Gasteiger partial charge on any atom is 0.252 e. The van der Waals surface area contributed by atoms with Gasteiger partial charge in [-0.3, -0.25) is 33.7 Å². The van der Waals surface area contributed by atoms with Gasteiger partial charge in [0.1, 0.15) is 6.73 Å². The molecule has 0 bridgehead atoms. The molecule has 0 aromatic heterocycles. The normalized spacial score (nSPS) is 13.9. The maximum atomic E-state index is 12.6. The molecule has 1 fully saturated rings. The average Bonchev–Trinajstić information content (AvgIpc) is 3.83. The fourth-order valence-corrected chi connectivity index (χ4v) is 4.31. The molecule has 6 amide bonds. The molecule has 0 spiro atoms. The van der Waals surface area contributed by atoms with Gasteiger partial charge in [0, 0.05) is 25.4 Å². The number of allylic oxidation sites excluding steroid dienone is 1. The van der Waals surface area contributed by atoms with Crippen LogP contribution in [0.25, 0.3) is 0 Å². The summed E-state index contributed by atoms with van der Waals surface area (Å²) >= 11 is 0. The SMILES string of the molecule is C/C=C\C(=O)N(C=O)CCCCCC(=O)NCC(=O)NCC(=O)NC(CC(=O)NCOC(C)C1CC1)Cc1ccccc1. The van der Waals surface area contributed by atoms with Crippen molar-refractivity contribution in [2.45, 2.75) is 77.4 Å². The van der Waals surface area contributed by atoms with Crippen molar-refractivity contribution in [3.8, 4) is 0 Å². The Labute approximate surface area is 253 Å². The number of nitrogens with zero attached hydrogens (tertiary/aromatic N) is 1. The molecule has 12 nitrogen and oxygen atoms in total. The highest BCUT2D eigenvalue weighted by atomic mass is 16.5. The lowest BCUT2D eigenvalue weighted by Gasteiger charge is -2.20. The number of rotatable bonds is 21. The topological polar surface area (TPSA) is 163 Å². The lowest BCUT2D eigenvalue weighted by atomic mass is 10.0. The third-order valence-electron chi connectivity index (χ3n) is 6.94. The van der Waals surface area contributed by atoms with Gasteiger partial charge in [-0.2, -0.15) is 0 Å². The lowest BCUT2D eigenvalue weighted by molar-refractivity contribution is -0.134. The van der Waals surface area contributed by atoms with Crippen molar-refractivity contribution in [3.63, 3.8) is 0 Å². The van der Waals surface area contributed by atoms with E-state index in [4.69, 9.17) is 4.74 Å². The molecular formula is C31H45N5O7. The fourth-order valence-electron chi connectivity index (χ4n) is 4.31. The van der Waals surface area contributed by atoms with Crippen LogP contribution < -0.4 is 21.3 Å². The summed E-state index contributed by atoms with van der Waals surface area (Å²) < 4.78 is 5.66. The summed E-state index contributed by atoms with van der Waals surface area (Å²) in [6, 6.07) is 8.97. The van der Waals surface area contributed by atoms with Crippen LogP contribution >= 0.6 is 0 Å². The van der Waals surface area contributed by atoms with Gasteiger partial charge in [0.15, 0.2) is 0 Å². The number of ether oxygens (including phenoxy) is 1. The van der Waals surface area contributed by atoms with Crippen molar-refractivity contribution < 1.29 is 33.5 Å². The summed E-state index contributed by atoms with van der Waals surface area (Å²) in [5, 5.41) is 10.6. The maximum absolute atomic E-state index is 12.6. The van der Waals surface area contributed by atoms with Crippen LogP contribution in [0.5, 0.6) is 0 Å². The van der Waals surface area contributed by atoms with Gasteiger partial charge in [-0.25, -0.2) is 0 Å². The van der Waals surface area contributed by atoms with Crippen molar-refractivity contribution in [1.29, 1.82) is 0 Å². The number of amides is 6. The minimum atomic E-state index is -0.521. The Balaban J connectivity index is 1.66. The molecule has 236 valence electrons. The summed E-state index contributed by atoms with van der Waals surface area (Å²) in [4.78, 5) is 73.1. The molecule has 0 saturated heterocycles. The van der Waals surface area contributed by atoms with Gasteiger partial charge in [-0.15, -0.1) is 0 Å². The van der Waals surface area contributed by atoms with Crippen LogP contribution in [0.3, 0.4) is 0 Å². The predicted molar refractivity (Wildman–Crippen MR) is 160 cm³/mol. The molecule has 2 atom stereocenters. The summed E-state index contributed by atoms with van der Waals surface area (Å²) in [5.74, 6) is -1.37. The van der Waals surface area contributed by atoms with Crippen LogP contribution in [0, 0.1) is 5.92 Å². The van der Waals surface area contributed by atoms with Crippen molar-refractivity contribution in [2.24, 2.45) is 5.92 Å². The lowest BCUT2D eigenvalue weighted by Crippen LogP contribution is -2.46. The van der Waals surface area contributed by atoms with Crippen molar-refractivity contribution in [1.82, 2.24) is 26.2 Å². The second-order valence-electron chi connectivity index (χ2n) is 10.6. The highest BCUT2D eigenvalue weighted by Gasteiger charge is 2.28. The van der Waals surface area contributed by atoms with E-state index in [0.29, 0.717) is 38.0 Å². The van der Waals surface area contributed by atoms with E-state index in [1.54, 1.807) is 13.0 Å². The highest BCUT2D eigenvalue weighted by molar-refractivity contribution is 5.94. The Kier molecular flexibility index (Phi) is 16.3. The van der Waals surface area contributed by atoms with Gasteiger partial charge in [0.25, 0.3) is 5.91 Å². The van der Waals surface area contributed by atoms with E-state index in [9.17, 15) is 28.8 Å². The molecule has 0 aliphatic heterocycles. The monoisotopic (exact) mass is 599 g/mol. The molecule has 12 heteroatoms. The van der Waals surface area contributed by atoms with E-state index < -0.39 is 17.9 Å². The Morgan fingerprint density at radius 1 is 0.930 bits per heavy atom. The van der Waals surface area contributed by atoms with Crippen LogP contribution in [0.1, 0.15) is 64.4 Å². The molecule has 4 N–H and O–H groups in total. The van der Waals surface area contributed by atoms with Gasteiger partial charge in [0.05, 0.1) is 19.2 Å². The molecule has 0 heterocycles. The van der Waals surface area contributed by atoms with E-state index in [-0.39, 0.29) is 63.0 Å². The molecule has 1 aromatic carbocycles. The molecule has 1 aliphatic carbocycles. The molecule has 0 radical (unpaired) electrons. The first-order chi connectivity index (χ1) is 20.7. The predicted octanol–water partition coefficient (Wildman–Crippen LogP) is 1.35. The quantitative estimate of drug-likeness (QED) is 0.0717. The number of nitrogens with one attached hydrogen (secondary N) is 4.